The SMILES string of the molecule is CC(C)c1cc(-c2ccccc2-n2nc3ccccc3n2)c(O)c(C(C)C)c1. The summed E-state index contributed by atoms with van der Waals surface area (Å²) in [5.74, 6) is 0.938. The molecule has 0 spiro atoms. The molecule has 0 amide bonds. The predicted octanol–water partition coefficient (Wildman–Crippen LogP) is 6.04. The van der Waals surface area contributed by atoms with Crippen LogP contribution in [0.2, 0.25) is 0 Å². The first kappa shape index (κ1) is 18.2. The molecule has 4 rings (SSSR count). The van der Waals surface area contributed by atoms with E-state index in [1.165, 1.54) is 5.56 Å². The molecule has 0 saturated heterocycles. The fourth-order valence-corrected chi connectivity index (χ4v) is 3.50. The Hall–Kier alpha value is -3.14. The molecule has 0 saturated carbocycles. The van der Waals surface area contributed by atoms with Crippen molar-refractivity contribution in [1.29, 1.82) is 0 Å². The van der Waals surface area contributed by atoms with Gasteiger partial charge >= 0.3 is 0 Å². The van der Waals surface area contributed by atoms with Crippen LogP contribution in [0.1, 0.15) is 50.7 Å². The van der Waals surface area contributed by atoms with Crippen LogP contribution >= 0.6 is 0 Å². The molecule has 3 aromatic carbocycles. The van der Waals surface area contributed by atoms with Gasteiger partial charge in [0.25, 0.3) is 0 Å². The molecule has 4 nitrogen and oxygen atoms in total. The summed E-state index contributed by atoms with van der Waals surface area (Å²) in [7, 11) is 0. The standard InChI is InChI=1S/C24H25N3O/c1-15(2)17-13-19(16(3)4)24(28)20(14-17)18-9-5-8-12-23(18)27-25-21-10-6-7-11-22(21)26-27/h5-16,28H,1-4H3. The third-order valence-electron chi connectivity index (χ3n) is 5.15. The lowest BCUT2D eigenvalue weighted by atomic mass is 9.89. The summed E-state index contributed by atoms with van der Waals surface area (Å²) in [6.07, 6.45) is 0. The average molecular weight is 371 g/mol. The third-order valence-corrected chi connectivity index (χ3v) is 5.15. The Kier molecular flexibility index (Phi) is 4.63. The van der Waals surface area contributed by atoms with Crippen molar-refractivity contribution >= 4 is 11.0 Å². The van der Waals surface area contributed by atoms with Crippen molar-refractivity contribution in [3.8, 4) is 22.6 Å². The van der Waals surface area contributed by atoms with Crippen LogP contribution in [0.3, 0.4) is 0 Å². The summed E-state index contributed by atoms with van der Waals surface area (Å²) in [5.41, 5.74) is 6.47. The van der Waals surface area contributed by atoms with E-state index in [2.05, 4.69) is 50.0 Å². The van der Waals surface area contributed by atoms with Crippen LogP contribution in [-0.2, 0) is 0 Å². The molecule has 1 N–H and O–H groups in total. The second-order valence-electron chi connectivity index (χ2n) is 7.81. The van der Waals surface area contributed by atoms with Crippen molar-refractivity contribution in [2.75, 3.05) is 0 Å². The lowest BCUT2D eigenvalue weighted by Gasteiger charge is -2.18. The highest BCUT2D eigenvalue weighted by atomic mass is 16.3. The van der Waals surface area contributed by atoms with E-state index >= 15 is 0 Å². The molecule has 0 aliphatic carbocycles. The van der Waals surface area contributed by atoms with Gasteiger partial charge in [0.1, 0.15) is 16.8 Å². The summed E-state index contributed by atoms with van der Waals surface area (Å²) >= 11 is 0. The Morgan fingerprint density at radius 2 is 1.36 bits per heavy atom. The lowest BCUT2D eigenvalue weighted by molar-refractivity contribution is 0.466. The number of hydrogen-bond acceptors (Lipinski definition) is 3. The van der Waals surface area contributed by atoms with Gasteiger partial charge in [-0.2, -0.15) is 0 Å². The molecule has 28 heavy (non-hydrogen) atoms. The van der Waals surface area contributed by atoms with Crippen LogP contribution in [0.5, 0.6) is 5.75 Å². The van der Waals surface area contributed by atoms with E-state index in [0.29, 0.717) is 11.7 Å². The molecule has 4 heteroatoms. The Balaban J connectivity index is 1.96. The first-order chi connectivity index (χ1) is 13.5. The van der Waals surface area contributed by atoms with Gasteiger partial charge in [-0.3, -0.25) is 0 Å². The summed E-state index contributed by atoms with van der Waals surface area (Å²) < 4.78 is 0. The first-order valence-corrected chi connectivity index (χ1v) is 9.74. The van der Waals surface area contributed by atoms with Gasteiger partial charge in [0.05, 0.1) is 5.69 Å². The number of hydrogen-bond donors (Lipinski definition) is 1. The largest absolute Gasteiger partial charge is 0.507 e. The van der Waals surface area contributed by atoms with E-state index in [1.807, 2.05) is 48.5 Å². The maximum atomic E-state index is 11.1. The number of rotatable bonds is 4. The van der Waals surface area contributed by atoms with E-state index in [9.17, 15) is 5.11 Å². The van der Waals surface area contributed by atoms with Crippen molar-refractivity contribution in [2.45, 2.75) is 39.5 Å². The highest BCUT2D eigenvalue weighted by Gasteiger charge is 2.19. The number of nitrogens with zero attached hydrogens (tertiary/aromatic N) is 3. The fourth-order valence-electron chi connectivity index (χ4n) is 3.50. The molecule has 1 aromatic heterocycles. The highest BCUT2D eigenvalue weighted by Crippen LogP contribution is 2.40. The summed E-state index contributed by atoms with van der Waals surface area (Å²) in [5, 5.41) is 20.4. The number of fused-ring (bicyclic) bond motifs is 1. The Labute approximate surface area is 165 Å². The smallest absolute Gasteiger partial charge is 0.126 e. The summed E-state index contributed by atoms with van der Waals surface area (Å²) in [4.78, 5) is 1.66. The maximum absolute atomic E-state index is 11.1. The number of benzene rings is 3. The van der Waals surface area contributed by atoms with Crippen LogP contribution < -0.4 is 0 Å². The van der Waals surface area contributed by atoms with E-state index in [4.69, 9.17) is 0 Å². The average Bonchev–Trinajstić information content (AvgIpc) is 3.12. The van der Waals surface area contributed by atoms with Crippen molar-refractivity contribution in [3.05, 3.63) is 71.8 Å². The van der Waals surface area contributed by atoms with Crippen molar-refractivity contribution < 1.29 is 5.11 Å². The van der Waals surface area contributed by atoms with E-state index < -0.39 is 0 Å². The second-order valence-corrected chi connectivity index (χ2v) is 7.81. The number of phenolic OH excluding ortho intramolecular Hbond substituents is 1. The maximum Gasteiger partial charge on any atom is 0.126 e. The highest BCUT2D eigenvalue weighted by molar-refractivity contribution is 5.80. The molecule has 0 fully saturated rings. The molecule has 142 valence electrons. The zero-order valence-electron chi connectivity index (χ0n) is 16.7. The first-order valence-electron chi connectivity index (χ1n) is 9.74. The number of phenols is 1. The fraction of sp³-hybridized carbons (Fsp3) is 0.250. The van der Waals surface area contributed by atoms with Gasteiger partial charge in [-0.1, -0.05) is 64.1 Å². The predicted molar refractivity (Wildman–Crippen MR) is 114 cm³/mol. The zero-order valence-corrected chi connectivity index (χ0v) is 16.7. The quantitative estimate of drug-likeness (QED) is 0.476. The second kappa shape index (κ2) is 7.12. The van der Waals surface area contributed by atoms with Crippen LogP contribution in [-0.4, -0.2) is 20.1 Å². The molecule has 0 atom stereocenters. The van der Waals surface area contributed by atoms with Gasteiger partial charge in [-0.15, -0.1) is 15.0 Å². The van der Waals surface area contributed by atoms with E-state index in [-0.39, 0.29) is 5.92 Å². The van der Waals surface area contributed by atoms with Crippen molar-refractivity contribution in [3.63, 3.8) is 0 Å². The molecule has 0 unspecified atom stereocenters. The molecule has 0 bridgehead atoms. The summed E-state index contributed by atoms with van der Waals surface area (Å²) in [6, 6.07) is 20.0. The molecule has 0 radical (unpaired) electrons. The van der Waals surface area contributed by atoms with Crippen LogP contribution in [0.25, 0.3) is 27.8 Å². The van der Waals surface area contributed by atoms with Gasteiger partial charge in [-0.05, 0) is 47.2 Å². The Morgan fingerprint density at radius 3 is 1.96 bits per heavy atom. The molecule has 1 heterocycles. The minimum Gasteiger partial charge on any atom is -0.507 e. The van der Waals surface area contributed by atoms with E-state index in [1.54, 1.807) is 4.80 Å². The number of aromatic nitrogens is 3. The lowest BCUT2D eigenvalue weighted by Crippen LogP contribution is -2.02. The van der Waals surface area contributed by atoms with Crippen LogP contribution in [0.15, 0.2) is 60.7 Å². The molecule has 0 aliphatic rings. The van der Waals surface area contributed by atoms with Crippen molar-refractivity contribution in [1.82, 2.24) is 15.0 Å². The molecular formula is C24H25N3O. The van der Waals surface area contributed by atoms with Gasteiger partial charge in [0, 0.05) is 11.1 Å². The molecule has 4 aromatic rings. The third kappa shape index (κ3) is 3.15. The minimum absolute atomic E-state index is 0.232. The van der Waals surface area contributed by atoms with Crippen LogP contribution in [0, 0.1) is 0 Å². The number of para-hydroxylation sites is 1. The van der Waals surface area contributed by atoms with Gasteiger partial charge in [-0.25, -0.2) is 0 Å². The molecule has 0 aliphatic heterocycles. The van der Waals surface area contributed by atoms with E-state index in [0.717, 1.165) is 33.4 Å². The zero-order chi connectivity index (χ0) is 19.8. The van der Waals surface area contributed by atoms with Gasteiger partial charge in [0.2, 0.25) is 0 Å². The van der Waals surface area contributed by atoms with Gasteiger partial charge < -0.3 is 5.11 Å². The molecular weight excluding hydrogens is 346 g/mol. The van der Waals surface area contributed by atoms with Crippen molar-refractivity contribution in [2.24, 2.45) is 0 Å². The van der Waals surface area contributed by atoms with Gasteiger partial charge in [0.15, 0.2) is 0 Å². The normalized spacial score (nSPS) is 11.6. The number of aromatic hydroxyl groups is 1. The Bertz CT molecular complexity index is 1110. The van der Waals surface area contributed by atoms with Crippen LogP contribution in [0.4, 0.5) is 0 Å². The summed E-state index contributed by atoms with van der Waals surface area (Å²) in [6.45, 7) is 8.56. The monoisotopic (exact) mass is 371 g/mol. The minimum atomic E-state index is 0.232. The Morgan fingerprint density at radius 1 is 0.750 bits per heavy atom. The topological polar surface area (TPSA) is 50.9 Å².